The van der Waals surface area contributed by atoms with Gasteiger partial charge in [0.1, 0.15) is 13.1 Å². The first kappa shape index (κ1) is 52.6. The van der Waals surface area contributed by atoms with Gasteiger partial charge in [0, 0.05) is 38.2 Å². The van der Waals surface area contributed by atoms with Crippen molar-refractivity contribution in [3.63, 3.8) is 0 Å². The highest BCUT2D eigenvalue weighted by Gasteiger charge is 2.24. The average molecular weight is 744 g/mol. The molecule has 0 spiro atoms. The number of aliphatic carboxylic acids is 1. The first-order valence-electron chi connectivity index (χ1n) is 17.5. The summed E-state index contributed by atoms with van der Waals surface area (Å²) < 4.78 is 0.319. The maximum absolute atomic E-state index is 12.1. The number of carboxylic acid groups (broad SMARTS) is 1. The molecule has 1 unspecified atom stereocenters. The quantitative estimate of drug-likeness (QED) is 0.0279. The lowest BCUT2D eigenvalue weighted by atomic mass is 10.2. The third kappa shape index (κ3) is 36.9. The van der Waals surface area contributed by atoms with Crippen LogP contribution in [0.1, 0.15) is 66.2 Å². The van der Waals surface area contributed by atoms with Gasteiger partial charge in [-0.25, -0.2) is 10.3 Å². The number of rotatable bonds is 36. The Morgan fingerprint density at radius 2 is 1.18 bits per heavy atom. The number of carboxylic acids is 1. The van der Waals surface area contributed by atoms with Gasteiger partial charge in [-0.1, -0.05) is 36.4 Å². The van der Waals surface area contributed by atoms with E-state index < -0.39 is 5.97 Å². The molecule has 0 saturated carbocycles. The second kappa shape index (κ2) is 37.1. The number of unbranched alkanes of at least 4 members (excludes halogenated alkanes) is 2. The van der Waals surface area contributed by atoms with Gasteiger partial charge in [0.15, 0.2) is 0 Å². The molecule has 0 saturated heterocycles. The third-order valence-electron chi connectivity index (χ3n) is 7.78. The van der Waals surface area contributed by atoms with Crippen LogP contribution in [-0.4, -0.2) is 182 Å². The summed E-state index contributed by atoms with van der Waals surface area (Å²) in [6.45, 7) is 11.8. The van der Waals surface area contributed by atoms with Gasteiger partial charge in [0.05, 0.1) is 19.4 Å². The smallest absolute Gasteiger partial charge is 0.336 e. The molecule has 0 fully saturated rings. The fraction of sp³-hybridized carbons (Fsp3) is 0.941. The minimum atomic E-state index is -0.938. The summed E-state index contributed by atoms with van der Waals surface area (Å²) in [4.78, 5) is 41.4. The van der Waals surface area contributed by atoms with Gasteiger partial charge in [-0.15, -0.1) is 0 Å². The SMILES string of the molecule is C.C.CNCCCN(C)CCCCN(C)CCCNOCCSSCC(=O)NCCCN(C)CCCC[N+](C)(CCCNC)OCC(=O)O. The Morgan fingerprint density at radius 3 is 1.76 bits per heavy atom. The minimum absolute atomic E-state index is 0. The molecule has 0 radical (unpaired) electrons. The second-order valence-corrected chi connectivity index (χ2v) is 15.1. The fourth-order valence-electron chi connectivity index (χ4n) is 4.92. The van der Waals surface area contributed by atoms with E-state index >= 15 is 0 Å². The van der Waals surface area contributed by atoms with Crippen molar-refractivity contribution < 1.29 is 29.0 Å². The highest BCUT2D eigenvalue weighted by Crippen LogP contribution is 2.20. The molecule has 0 aliphatic rings. The minimum Gasteiger partial charge on any atom is -0.479 e. The van der Waals surface area contributed by atoms with Crippen LogP contribution in [0, 0.1) is 0 Å². The molecule has 296 valence electrons. The number of carbonyl (C=O) groups is 2. The van der Waals surface area contributed by atoms with Gasteiger partial charge in [0.25, 0.3) is 0 Å². The van der Waals surface area contributed by atoms with E-state index in [1.165, 1.54) is 25.8 Å². The summed E-state index contributed by atoms with van der Waals surface area (Å²) in [5.41, 5.74) is 3.06. The van der Waals surface area contributed by atoms with Crippen molar-refractivity contribution in [2.45, 2.75) is 66.2 Å². The Bertz CT molecular complexity index is 751. The molecular weight excluding hydrogens is 665 g/mol. The van der Waals surface area contributed by atoms with E-state index in [0.717, 1.165) is 103 Å². The van der Waals surface area contributed by atoms with Crippen LogP contribution in [0.4, 0.5) is 0 Å². The monoisotopic (exact) mass is 744 g/mol. The van der Waals surface area contributed by atoms with E-state index in [4.69, 9.17) is 14.8 Å². The third-order valence-corrected chi connectivity index (χ3v) is 10.0. The van der Waals surface area contributed by atoms with Crippen LogP contribution in [0.5, 0.6) is 0 Å². The standard InChI is InChI=1S/C32H70N8O5S2.2CH4/c1-33-15-11-22-37(3)19-7-8-20-38(4)24-13-18-36-44-27-28-46-47-30-31(41)35-17-12-23-39(5)21-9-10-25-40(6,26-14-16-34-2)45-29-32(42)43;;/h33-34,36H,7-30H2,1-6H3,(H-,35,41,42,43);2*1H4/p+1. The van der Waals surface area contributed by atoms with E-state index in [1.54, 1.807) is 21.6 Å². The van der Waals surface area contributed by atoms with Crippen LogP contribution in [0.2, 0.25) is 0 Å². The summed E-state index contributed by atoms with van der Waals surface area (Å²) in [5, 5.41) is 18.3. The molecule has 49 heavy (non-hydrogen) atoms. The molecule has 15 heteroatoms. The van der Waals surface area contributed by atoms with Crippen LogP contribution in [-0.2, 0) is 19.3 Å². The van der Waals surface area contributed by atoms with Gasteiger partial charge in [-0.2, -0.15) is 9.48 Å². The molecular formula is C34H79N8O5S2+. The molecule has 1 amide bonds. The van der Waals surface area contributed by atoms with E-state index in [0.29, 0.717) is 23.6 Å². The fourth-order valence-corrected chi connectivity index (χ4v) is 6.61. The van der Waals surface area contributed by atoms with Gasteiger partial charge in [-0.05, 0) is 120 Å². The maximum atomic E-state index is 12.1. The second-order valence-electron chi connectivity index (χ2n) is 12.5. The maximum Gasteiger partial charge on any atom is 0.336 e. The lowest BCUT2D eigenvalue weighted by Crippen LogP contribution is -2.47. The zero-order valence-electron chi connectivity index (χ0n) is 30.7. The van der Waals surface area contributed by atoms with Crippen LogP contribution < -0.4 is 21.4 Å². The molecule has 0 aromatic carbocycles. The number of quaternary nitrogens is 1. The number of hydrogen-bond acceptors (Lipinski definition) is 12. The van der Waals surface area contributed by atoms with Crippen LogP contribution in [0.25, 0.3) is 0 Å². The van der Waals surface area contributed by atoms with Crippen LogP contribution in [0.15, 0.2) is 0 Å². The van der Waals surface area contributed by atoms with E-state index in [1.807, 2.05) is 21.1 Å². The summed E-state index contributed by atoms with van der Waals surface area (Å²) in [6.07, 6.45) is 8.54. The Labute approximate surface area is 309 Å². The Morgan fingerprint density at radius 1 is 0.694 bits per heavy atom. The van der Waals surface area contributed by atoms with E-state index in [-0.39, 0.29) is 27.4 Å². The predicted octanol–water partition coefficient (Wildman–Crippen LogP) is 3.10. The highest BCUT2D eigenvalue weighted by atomic mass is 33.1. The highest BCUT2D eigenvalue weighted by molar-refractivity contribution is 8.76. The lowest BCUT2D eigenvalue weighted by molar-refractivity contribution is -1.09. The van der Waals surface area contributed by atoms with Crippen molar-refractivity contribution in [3.8, 4) is 0 Å². The summed E-state index contributed by atoms with van der Waals surface area (Å²) in [7, 11) is 15.6. The number of hydrogen-bond donors (Lipinski definition) is 5. The van der Waals surface area contributed by atoms with E-state index in [2.05, 4.69) is 57.3 Å². The lowest BCUT2D eigenvalue weighted by Gasteiger charge is -2.31. The molecule has 0 aliphatic heterocycles. The van der Waals surface area contributed by atoms with Gasteiger partial charge < -0.3 is 40.6 Å². The van der Waals surface area contributed by atoms with Crippen molar-refractivity contribution in [1.82, 2.24) is 36.1 Å². The van der Waals surface area contributed by atoms with Crippen molar-refractivity contribution in [3.05, 3.63) is 0 Å². The molecule has 0 rings (SSSR count). The number of nitrogens with one attached hydrogen (secondary N) is 4. The van der Waals surface area contributed by atoms with Crippen LogP contribution >= 0.6 is 21.6 Å². The summed E-state index contributed by atoms with van der Waals surface area (Å²) >= 11 is 0. The zero-order valence-corrected chi connectivity index (χ0v) is 32.3. The molecule has 0 aromatic heterocycles. The summed E-state index contributed by atoms with van der Waals surface area (Å²) in [5.74, 6) is 0.411. The molecule has 0 heterocycles. The number of amides is 1. The van der Waals surface area contributed by atoms with Crippen molar-refractivity contribution in [2.75, 3.05) is 146 Å². The molecule has 1 atom stereocenters. The van der Waals surface area contributed by atoms with Crippen molar-refractivity contribution in [1.29, 1.82) is 0 Å². The number of carbonyl (C=O) groups excluding carboxylic acids is 1. The Hall–Kier alpha value is -0.720. The summed E-state index contributed by atoms with van der Waals surface area (Å²) in [6, 6.07) is 0. The molecule has 13 nitrogen and oxygen atoms in total. The predicted molar refractivity (Wildman–Crippen MR) is 212 cm³/mol. The Kier molecular flexibility index (Phi) is 39.8. The van der Waals surface area contributed by atoms with Crippen LogP contribution in [0.3, 0.4) is 0 Å². The normalized spacial score (nSPS) is 12.6. The molecule has 0 aromatic rings. The Balaban J connectivity index is -0.0000106. The zero-order chi connectivity index (χ0) is 35.0. The first-order chi connectivity index (χ1) is 22.6. The number of nitrogens with zero attached hydrogens (tertiary/aromatic N) is 4. The van der Waals surface area contributed by atoms with Gasteiger partial charge in [0.2, 0.25) is 12.5 Å². The topological polar surface area (TPSA) is 131 Å². The number of hydroxylamine groups is 4. The van der Waals surface area contributed by atoms with Crippen molar-refractivity contribution in [2.24, 2.45) is 0 Å². The van der Waals surface area contributed by atoms with Gasteiger partial charge >= 0.3 is 5.97 Å². The first-order valence-corrected chi connectivity index (χ1v) is 20.0. The largest absolute Gasteiger partial charge is 0.479 e. The molecule has 0 bridgehead atoms. The van der Waals surface area contributed by atoms with Gasteiger partial charge in [-0.3, -0.25) is 4.79 Å². The van der Waals surface area contributed by atoms with Crippen molar-refractivity contribution >= 4 is 33.5 Å². The molecule has 0 aliphatic carbocycles. The molecule has 5 N–H and O–H groups in total. The average Bonchev–Trinajstić information content (AvgIpc) is 3.03. The van der Waals surface area contributed by atoms with E-state index in [9.17, 15) is 9.59 Å².